The van der Waals surface area contributed by atoms with E-state index in [2.05, 4.69) is 10.3 Å². The molecule has 156 valence electrons. The molecule has 1 N–H and O–H groups in total. The first-order valence-corrected chi connectivity index (χ1v) is 10.1. The van der Waals surface area contributed by atoms with Gasteiger partial charge in [-0.05, 0) is 29.8 Å². The topological polar surface area (TPSA) is 95.8 Å². The van der Waals surface area contributed by atoms with Crippen molar-refractivity contribution in [2.75, 3.05) is 18.0 Å². The molecule has 2 aliphatic heterocycles. The lowest BCUT2D eigenvalue weighted by atomic mass is 10.1. The fraction of sp³-hybridized carbons (Fsp3) is 0.217. The van der Waals surface area contributed by atoms with Gasteiger partial charge in [0, 0.05) is 30.6 Å². The minimum absolute atomic E-state index is 0.0154. The number of hydrogen-bond acceptors (Lipinski definition) is 5. The van der Waals surface area contributed by atoms with Gasteiger partial charge in [-0.3, -0.25) is 19.8 Å². The van der Waals surface area contributed by atoms with E-state index in [-0.39, 0.29) is 18.4 Å². The molecule has 0 unspecified atom stereocenters. The normalized spacial score (nSPS) is 15.7. The number of fused-ring (bicyclic) bond motifs is 1. The fourth-order valence-corrected chi connectivity index (χ4v) is 3.89. The second-order valence-electron chi connectivity index (χ2n) is 7.60. The minimum atomic E-state index is -0.454. The second-order valence-corrected chi connectivity index (χ2v) is 7.60. The second kappa shape index (κ2) is 7.71. The number of benzene rings is 2. The van der Waals surface area contributed by atoms with E-state index in [1.54, 1.807) is 29.2 Å². The van der Waals surface area contributed by atoms with Crippen molar-refractivity contribution in [2.45, 2.75) is 19.4 Å². The third-order valence-corrected chi connectivity index (χ3v) is 5.48. The van der Waals surface area contributed by atoms with E-state index in [4.69, 9.17) is 4.42 Å². The summed E-state index contributed by atoms with van der Waals surface area (Å²) in [5, 5.41) is 2.24. The first-order valence-electron chi connectivity index (χ1n) is 10.1. The Morgan fingerprint density at radius 3 is 2.52 bits per heavy atom. The summed E-state index contributed by atoms with van der Waals surface area (Å²) in [6, 6.07) is 16.2. The van der Waals surface area contributed by atoms with Crippen molar-refractivity contribution < 1.29 is 18.8 Å². The van der Waals surface area contributed by atoms with Crippen molar-refractivity contribution in [1.29, 1.82) is 0 Å². The molecule has 4 amide bonds. The number of urea groups is 1. The molecule has 31 heavy (non-hydrogen) atoms. The summed E-state index contributed by atoms with van der Waals surface area (Å²) in [7, 11) is 0. The molecule has 3 heterocycles. The number of carbonyl (C=O) groups excluding carboxylic acids is 3. The standard InChI is InChI=1S/C23H20N4O4/c28-20-14-27(23(30)25-20)17-8-6-16(7-9-17)22(29)26-11-10-19-18(13-26)24-21(31-19)12-15-4-2-1-3-5-15/h1-9H,10-14H2,(H,25,28,30). The van der Waals surface area contributed by atoms with E-state index in [1.807, 2.05) is 30.3 Å². The van der Waals surface area contributed by atoms with E-state index < -0.39 is 6.03 Å². The summed E-state index contributed by atoms with van der Waals surface area (Å²) in [6.45, 7) is 0.937. The highest BCUT2D eigenvalue weighted by atomic mass is 16.4. The number of imide groups is 1. The van der Waals surface area contributed by atoms with Gasteiger partial charge < -0.3 is 9.32 Å². The van der Waals surface area contributed by atoms with Gasteiger partial charge in [-0.15, -0.1) is 0 Å². The Morgan fingerprint density at radius 1 is 1.03 bits per heavy atom. The van der Waals surface area contributed by atoms with Gasteiger partial charge in [0.1, 0.15) is 18.0 Å². The van der Waals surface area contributed by atoms with Gasteiger partial charge in [0.25, 0.3) is 5.91 Å². The maximum absolute atomic E-state index is 13.0. The highest BCUT2D eigenvalue weighted by Gasteiger charge is 2.29. The van der Waals surface area contributed by atoms with E-state index in [9.17, 15) is 14.4 Å². The number of nitrogens with one attached hydrogen (secondary N) is 1. The van der Waals surface area contributed by atoms with Gasteiger partial charge in [0.15, 0.2) is 5.89 Å². The molecule has 2 aliphatic rings. The molecule has 5 rings (SSSR count). The number of nitrogens with zero attached hydrogens (tertiary/aromatic N) is 3. The highest BCUT2D eigenvalue weighted by Crippen LogP contribution is 2.24. The average Bonchev–Trinajstić information content (AvgIpc) is 3.34. The van der Waals surface area contributed by atoms with E-state index in [0.29, 0.717) is 43.1 Å². The Morgan fingerprint density at radius 2 is 1.81 bits per heavy atom. The molecule has 2 aromatic carbocycles. The summed E-state index contributed by atoms with van der Waals surface area (Å²) >= 11 is 0. The zero-order chi connectivity index (χ0) is 21.4. The fourth-order valence-electron chi connectivity index (χ4n) is 3.89. The molecule has 8 nitrogen and oxygen atoms in total. The van der Waals surface area contributed by atoms with Gasteiger partial charge >= 0.3 is 6.03 Å². The SMILES string of the molecule is O=C1CN(c2ccc(C(=O)N3CCc4oc(Cc5ccccc5)nc4C3)cc2)C(=O)N1. The Bertz CT molecular complexity index is 1150. The number of amides is 4. The first kappa shape index (κ1) is 19.0. The molecule has 0 spiro atoms. The summed E-state index contributed by atoms with van der Waals surface area (Å²) in [5.41, 5.74) is 3.02. The van der Waals surface area contributed by atoms with Crippen LogP contribution in [-0.2, 0) is 24.2 Å². The monoisotopic (exact) mass is 416 g/mol. The van der Waals surface area contributed by atoms with E-state index in [1.165, 1.54) is 4.90 Å². The number of rotatable bonds is 4. The quantitative estimate of drug-likeness (QED) is 0.660. The summed E-state index contributed by atoms with van der Waals surface area (Å²) < 4.78 is 5.92. The van der Waals surface area contributed by atoms with Crippen molar-refractivity contribution in [3.05, 3.63) is 83.1 Å². The minimum Gasteiger partial charge on any atom is -0.445 e. The zero-order valence-corrected chi connectivity index (χ0v) is 16.7. The molecule has 1 saturated heterocycles. The van der Waals surface area contributed by atoms with Crippen LogP contribution in [0.1, 0.15) is 33.3 Å². The third-order valence-electron chi connectivity index (χ3n) is 5.48. The number of aromatic nitrogens is 1. The first-order chi connectivity index (χ1) is 15.1. The molecule has 3 aromatic rings. The number of hydrogen-bond donors (Lipinski definition) is 1. The summed E-state index contributed by atoms with van der Waals surface area (Å²) in [4.78, 5) is 43.8. The van der Waals surface area contributed by atoms with Crippen molar-refractivity contribution in [2.24, 2.45) is 0 Å². The average molecular weight is 416 g/mol. The smallest absolute Gasteiger partial charge is 0.329 e. The Hall–Kier alpha value is -3.94. The largest absolute Gasteiger partial charge is 0.445 e. The number of anilines is 1. The van der Waals surface area contributed by atoms with E-state index in [0.717, 1.165) is 17.0 Å². The Kier molecular flexibility index (Phi) is 4.74. The zero-order valence-electron chi connectivity index (χ0n) is 16.7. The van der Waals surface area contributed by atoms with Crippen LogP contribution >= 0.6 is 0 Å². The van der Waals surface area contributed by atoms with Crippen LogP contribution in [0.2, 0.25) is 0 Å². The third kappa shape index (κ3) is 3.79. The maximum atomic E-state index is 13.0. The highest BCUT2D eigenvalue weighted by molar-refractivity contribution is 6.12. The predicted octanol–water partition coefficient (Wildman–Crippen LogP) is 2.52. The van der Waals surface area contributed by atoms with Crippen LogP contribution in [0.5, 0.6) is 0 Å². The Labute approximate surface area is 178 Å². The van der Waals surface area contributed by atoms with Gasteiger partial charge in [0.05, 0.1) is 6.54 Å². The van der Waals surface area contributed by atoms with Gasteiger partial charge in [-0.25, -0.2) is 9.78 Å². The summed E-state index contributed by atoms with van der Waals surface area (Å²) in [5.74, 6) is 1.06. The molecule has 0 atom stereocenters. The molecule has 0 radical (unpaired) electrons. The lowest BCUT2D eigenvalue weighted by Crippen LogP contribution is -2.35. The molecule has 1 aromatic heterocycles. The molecule has 0 aliphatic carbocycles. The molecular formula is C23H20N4O4. The lowest BCUT2D eigenvalue weighted by molar-refractivity contribution is -0.117. The lowest BCUT2D eigenvalue weighted by Gasteiger charge is -2.25. The van der Waals surface area contributed by atoms with Crippen LogP contribution < -0.4 is 10.2 Å². The van der Waals surface area contributed by atoms with Gasteiger partial charge in [-0.1, -0.05) is 30.3 Å². The molecular weight excluding hydrogens is 396 g/mol. The maximum Gasteiger partial charge on any atom is 0.329 e. The van der Waals surface area contributed by atoms with Crippen LogP contribution in [-0.4, -0.2) is 40.8 Å². The Balaban J connectivity index is 1.27. The van der Waals surface area contributed by atoms with Crippen molar-refractivity contribution in [3.63, 3.8) is 0 Å². The number of carbonyl (C=O) groups is 3. The van der Waals surface area contributed by atoms with Crippen molar-refractivity contribution in [3.8, 4) is 0 Å². The predicted molar refractivity (Wildman–Crippen MR) is 112 cm³/mol. The van der Waals surface area contributed by atoms with Crippen LogP contribution in [0.4, 0.5) is 10.5 Å². The molecule has 0 bridgehead atoms. The molecule has 0 saturated carbocycles. The van der Waals surface area contributed by atoms with Crippen LogP contribution in [0.3, 0.4) is 0 Å². The summed E-state index contributed by atoms with van der Waals surface area (Å²) in [6.07, 6.45) is 1.24. The van der Waals surface area contributed by atoms with Crippen molar-refractivity contribution >= 4 is 23.5 Å². The molecule has 1 fully saturated rings. The van der Waals surface area contributed by atoms with E-state index >= 15 is 0 Å². The van der Waals surface area contributed by atoms with Crippen LogP contribution in [0.15, 0.2) is 59.0 Å². The van der Waals surface area contributed by atoms with Crippen molar-refractivity contribution in [1.82, 2.24) is 15.2 Å². The molecule has 8 heteroatoms. The number of oxazole rings is 1. The van der Waals surface area contributed by atoms with Gasteiger partial charge in [0.2, 0.25) is 5.91 Å². The van der Waals surface area contributed by atoms with Crippen LogP contribution in [0.25, 0.3) is 0 Å². The van der Waals surface area contributed by atoms with Crippen LogP contribution in [0, 0.1) is 0 Å². The van der Waals surface area contributed by atoms with Gasteiger partial charge in [-0.2, -0.15) is 0 Å².